The van der Waals surface area contributed by atoms with Gasteiger partial charge in [0.15, 0.2) is 0 Å². The van der Waals surface area contributed by atoms with Gasteiger partial charge in [-0.15, -0.1) is 0 Å². The maximum Gasteiger partial charge on any atom is 0.337 e. The zero-order valence-corrected chi connectivity index (χ0v) is 13.0. The SMILES string of the molecule is CC1CCN(C(=O)Nc2c(Cl)cc(Cl)cc2C(=O)O)CC1. The number of likely N-dealkylation sites (tertiary alicyclic amines) is 1. The van der Waals surface area contributed by atoms with Crippen molar-refractivity contribution in [2.75, 3.05) is 18.4 Å². The first-order valence-corrected chi connectivity index (χ1v) is 7.42. The molecule has 1 aliphatic heterocycles. The number of nitrogens with zero attached hydrogens (tertiary/aromatic N) is 1. The molecule has 21 heavy (non-hydrogen) atoms. The highest BCUT2D eigenvalue weighted by Crippen LogP contribution is 2.31. The summed E-state index contributed by atoms with van der Waals surface area (Å²) in [6.07, 6.45) is 1.88. The molecule has 0 radical (unpaired) electrons. The standard InChI is InChI=1S/C14H16Cl2N2O3/c1-8-2-4-18(5-3-8)14(21)17-12-10(13(19)20)6-9(15)7-11(12)16/h6-8H,2-5H2,1H3,(H,17,21)(H,19,20). The van der Waals surface area contributed by atoms with E-state index in [9.17, 15) is 14.7 Å². The lowest BCUT2D eigenvalue weighted by Crippen LogP contribution is -2.40. The third-order valence-corrected chi connectivity index (χ3v) is 4.10. The molecule has 2 rings (SSSR count). The van der Waals surface area contributed by atoms with E-state index in [1.165, 1.54) is 12.1 Å². The molecule has 1 aliphatic rings. The Kier molecular flexibility index (Phi) is 4.96. The van der Waals surface area contributed by atoms with Crippen LogP contribution in [-0.2, 0) is 0 Å². The number of nitrogens with one attached hydrogen (secondary N) is 1. The van der Waals surface area contributed by atoms with E-state index >= 15 is 0 Å². The minimum atomic E-state index is -1.19. The van der Waals surface area contributed by atoms with Gasteiger partial charge in [-0.1, -0.05) is 30.1 Å². The molecular weight excluding hydrogens is 315 g/mol. The van der Waals surface area contributed by atoms with Gasteiger partial charge >= 0.3 is 12.0 Å². The van der Waals surface area contributed by atoms with Gasteiger partial charge in [0.05, 0.1) is 16.3 Å². The van der Waals surface area contributed by atoms with Crippen LogP contribution in [0.15, 0.2) is 12.1 Å². The molecule has 2 N–H and O–H groups in total. The van der Waals surface area contributed by atoms with Crippen molar-refractivity contribution in [3.8, 4) is 0 Å². The van der Waals surface area contributed by atoms with Crippen molar-refractivity contribution < 1.29 is 14.7 Å². The second kappa shape index (κ2) is 6.54. The van der Waals surface area contributed by atoms with Gasteiger partial charge in [-0.2, -0.15) is 0 Å². The molecular formula is C14H16Cl2N2O3. The van der Waals surface area contributed by atoms with E-state index in [1.54, 1.807) is 4.90 Å². The van der Waals surface area contributed by atoms with Crippen molar-refractivity contribution in [3.63, 3.8) is 0 Å². The number of carboxylic acid groups (broad SMARTS) is 1. The number of aromatic carboxylic acids is 1. The minimum absolute atomic E-state index is 0.0807. The smallest absolute Gasteiger partial charge is 0.337 e. The molecule has 1 heterocycles. The van der Waals surface area contributed by atoms with Crippen LogP contribution in [0.5, 0.6) is 0 Å². The Hall–Kier alpha value is -1.46. The molecule has 0 atom stereocenters. The summed E-state index contributed by atoms with van der Waals surface area (Å²) in [5, 5.41) is 12.1. The number of carbonyl (C=O) groups excluding carboxylic acids is 1. The number of hydrogen-bond donors (Lipinski definition) is 2. The lowest BCUT2D eigenvalue weighted by Gasteiger charge is -2.30. The van der Waals surface area contributed by atoms with Crippen LogP contribution < -0.4 is 5.32 Å². The van der Waals surface area contributed by atoms with Crippen molar-refractivity contribution in [1.29, 1.82) is 0 Å². The fourth-order valence-electron chi connectivity index (χ4n) is 2.27. The first-order chi connectivity index (χ1) is 9.88. The molecule has 5 nitrogen and oxygen atoms in total. The van der Waals surface area contributed by atoms with Crippen LogP contribution in [0.25, 0.3) is 0 Å². The van der Waals surface area contributed by atoms with E-state index in [0.29, 0.717) is 19.0 Å². The predicted molar refractivity (Wildman–Crippen MR) is 82.4 cm³/mol. The Bertz CT molecular complexity index is 570. The Morgan fingerprint density at radius 3 is 2.48 bits per heavy atom. The fourth-order valence-corrected chi connectivity index (χ4v) is 2.81. The third-order valence-electron chi connectivity index (χ3n) is 3.59. The maximum atomic E-state index is 12.2. The lowest BCUT2D eigenvalue weighted by molar-refractivity contribution is 0.0698. The van der Waals surface area contributed by atoms with Gasteiger partial charge in [0, 0.05) is 18.1 Å². The van der Waals surface area contributed by atoms with Crippen LogP contribution in [0, 0.1) is 5.92 Å². The Morgan fingerprint density at radius 2 is 1.90 bits per heavy atom. The van der Waals surface area contributed by atoms with Crippen molar-refractivity contribution in [3.05, 3.63) is 27.7 Å². The van der Waals surface area contributed by atoms with Crippen LogP contribution >= 0.6 is 23.2 Å². The van der Waals surface area contributed by atoms with E-state index in [1.807, 2.05) is 0 Å². The molecule has 2 amide bonds. The van der Waals surface area contributed by atoms with Gasteiger partial charge in [0.1, 0.15) is 0 Å². The molecule has 1 fully saturated rings. The van der Waals surface area contributed by atoms with Crippen molar-refractivity contribution in [1.82, 2.24) is 4.90 Å². The second-order valence-electron chi connectivity index (χ2n) is 5.22. The molecule has 7 heteroatoms. The topological polar surface area (TPSA) is 69.6 Å². The maximum absolute atomic E-state index is 12.2. The summed E-state index contributed by atoms with van der Waals surface area (Å²) in [4.78, 5) is 25.1. The molecule has 0 bridgehead atoms. The third kappa shape index (κ3) is 3.80. The number of amides is 2. The van der Waals surface area contributed by atoms with E-state index in [0.717, 1.165) is 12.8 Å². The van der Waals surface area contributed by atoms with Gasteiger partial charge in [-0.05, 0) is 30.9 Å². The average molecular weight is 331 g/mol. The summed E-state index contributed by atoms with van der Waals surface area (Å²) in [5.41, 5.74) is -0.0385. The summed E-state index contributed by atoms with van der Waals surface area (Å²) in [5.74, 6) is -0.593. The highest BCUT2D eigenvalue weighted by molar-refractivity contribution is 6.37. The first-order valence-electron chi connectivity index (χ1n) is 6.66. The summed E-state index contributed by atoms with van der Waals surface area (Å²) in [6, 6.07) is 2.33. The zero-order valence-electron chi connectivity index (χ0n) is 11.5. The van der Waals surface area contributed by atoms with Crippen molar-refractivity contribution >= 4 is 40.9 Å². The quantitative estimate of drug-likeness (QED) is 0.862. The largest absolute Gasteiger partial charge is 0.478 e. The van der Waals surface area contributed by atoms with Crippen LogP contribution in [0.2, 0.25) is 10.0 Å². The van der Waals surface area contributed by atoms with E-state index < -0.39 is 5.97 Å². The van der Waals surface area contributed by atoms with Crippen LogP contribution in [-0.4, -0.2) is 35.1 Å². The monoisotopic (exact) mass is 330 g/mol. The van der Waals surface area contributed by atoms with E-state index in [4.69, 9.17) is 23.2 Å². The lowest BCUT2D eigenvalue weighted by atomic mass is 10.00. The van der Waals surface area contributed by atoms with Gasteiger partial charge in [0.25, 0.3) is 0 Å². The summed E-state index contributed by atoms with van der Waals surface area (Å²) in [7, 11) is 0. The Balaban J connectivity index is 2.19. The summed E-state index contributed by atoms with van der Waals surface area (Å²) < 4.78 is 0. The fraction of sp³-hybridized carbons (Fsp3) is 0.429. The van der Waals surface area contributed by atoms with E-state index in [2.05, 4.69) is 12.2 Å². The van der Waals surface area contributed by atoms with Crippen LogP contribution in [0.3, 0.4) is 0 Å². The minimum Gasteiger partial charge on any atom is -0.478 e. The molecule has 0 unspecified atom stereocenters. The zero-order chi connectivity index (χ0) is 15.6. The Labute approximate surface area is 132 Å². The van der Waals surface area contributed by atoms with Crippen molar-refractivity contribution in [2.45, 2.75) is 19.8 Å². The molecule has 0 spiro atoms. The van der Waals surface area contributed by atoms with Crippen LogP contribution in [0.4, 0.5) is 10.5 Å². The molecule has 1 aromatic carbocycles. The van der Waals surface area contributed by atoms with Gasteiger partial charge in [-0.3, -0.25) is 0 Å². The number of carbonyl (C=O) groups is 2. The molecule has 1 saturated heterocycles. The van der Waals surface area contributed by atoms with Gasteiger partial charge in [-0.25, -0.2) is 9.59 Å². The number of halogens is 2. The normalized spacial score (nSPS) is 15.9. The molecule has 0 aliphatic carbocycles. The second-order valence-corrected chi connectivity index (χ2v) is 6.06. The number of piperidine rings is 1. The summed E-state index contributed by atoms with van der Waals surface area (Å²) in [6.45, 7) is 3.45. The van der Waals surface area contributed by atoms with Crippen LogP contribution in [0.1, 0.15) is 30.1 Å². The number of hydrogen-bond acceptors (Lipinski definition) is 2. The average Bonchev–Trinajstić information content (AvgIpc) is 2.41. The highest BCUT2D eigenvalue weighted by Gasteiger charge is 2.23. The molecule has 0 aromatic heterocycles. The number of rotatable bonds is 2. The first kappa shape index (κ1) is 15.9. The van der Waals surface area contributed by atoms with Gasteiger partial charge in [0.2, 0.25) is 0 Å². The molecule has 1 aromatic rings. The summed E-state index contributed by atoms with van der Waals surface area (Å²) >= 11 is 11.8. The number of urea groups is 1. The van der Waals surface area contributed by atoms with E-state index in [-0.39, 0.29) is 27.3 Å². The van der Waals surface area contributed by atoms with Gasteiger partial charge < -0.3 is 15.3 Å². The number of carboxylic acids is 1. The molecule has 114 valence electrons. The highest BCUT2D eigenvalue weighted by atomic mass is 35.5. The van der Waals surface area contributed by atoms with Crippen molar-refractivity contribution in [2.24, 2.45) is 5.92 Å². The molecule has 0 saturated carbocycles. The number of benzene rings is 1. The predicted octanol–water partition coefficient (Wildman–Crippen LogP) is 3.96. The Morgan fingerprint density at radius 1 is 1.29 bits per heavy atom. The number of anilines is 1.